The van der Waals surface area contributed by atoms with Gasteiger partial charge in [0.15, 0.2) is 0 Å². The van der Waals surface area contributed by atoms with Crippen LogP contribution < -0.4 is 20.1 Å². The van der Waals surface area contributed by atoms with Crippen molar-refractivity contribution < 1.29 is 18.9 Å². The minimum Gasteiger partial charge on any atom is -0.487 e. The fraction of sp³-hybridized carbons (Fsp3) is 0.583. The van der Waals surface area contributed by atoms with Crippen LogP contribution in [-0.2, 0) is 16.0 Å². The second-order valence-corrected chi connectivity index (χ2v) is 14.3. The molecule has 3 fully saturated rings. The van der Waals surface area contributed by atoms with Crippen LogP contribution in [-0.4, -0.2) is 90.7 Å². The third-order valence-electron chi connectivity index (χ3n) is 10.3. The van der Waals surface area contributed by atoms with Crippen molar-refractivity contribution in [2.75, 3.05) is 38.2 Å². The zero-order valence-electron chi connectivity index (χ0n) is 29.6. The summed E-state index contributed by atoms with van der Waals surface area (Å²) in [5, 5.41) is 32.8. The highest BCUT2D eigenvalue weighted by Crippen LogP contribution is 2.41. The van der Waals surface area contributed by atoms with E-state index in [1.807, 2.05) is 25.3 Å². The number of ether oxygens (including phenoxy) is 4. The molecule has 0 amide bonds. The van der Waals surface area contributed by atoms with Gasteiger partial charge in [0.2, 0.25) is 5.95 Å². The van der Waals surface area contributed by atoms with E-state index in [1.54, 1.807) is 23.1 Å². The van der Waals surface area contributed by atoms with E-state index in [4.69, 9.17) is 24.0 Å². The van der Waals surface area contributed by atoms with Gasteiger partial charge in [-0.25, -0.2) is 14.6 Å². The lowest BCUT2D eigenvalue weighted by Gasteiger charge is -2.46. The van der Waals surface area contributed by atoms with Crippen LogP contribution >= 0.6 is 0 Å². The van der Waals surface area contributed by atoms with Gasteiger partial charge >= 0.3 is 0 Å². The topological polar surface area (TPSA) is 172 Å². The second-order valence-electron chi connectivity index (χ2n) is 14.3. The molecule has 7 rings (SSSR count). The van der Waals surface area contributed by atoms with Crippen LogP contribution in [0.5, 0.6) is 11.6 Å². The Balaban J connectivity index is 1.04. The van der Waals surface area contributed by atoms with E-state index in [9.17, 15) is 5.26 Å². The first kappa shape index (κ1) is 34.8. The van der Waals surface area contributed by atoms with E-state index >= 15 is 0 Å². The summed E-state index contributed by atoms with van der Waals surface area (Å²) in [6, 6.07) is 7.92. The van der Waals surface area contributed by atoms with Gasteiger partial charge in [-0.3, -0.25) is 4.68 Å². The van der Waals surface area contributed by atoms with Gasteiger partial charge in [-0.1, -0.05) is 6.07 Å². The maximum absolute atomic E-state index is 9.70. The monoisotopic (exact) mass is 697 g/mol. The van der Waals surface area contributed by atoms with Crippen LogP contribution in [0.1, 0.15) is 70.9 Å². The summed E-state index contributed by atoms with van der Waals surface area (Å²) in [6.07, 6.45) is 13.2. The zero-order valence-corrected chi connectivity index (χ0v) is 29.6. The molecule has 3 aromatic heterocycles. The van der Waals surface area contributed by atoms with Crippen LogP contribution in [0.15, 0.2) is 43.1 Å². The number of aromatic nitrogens is 8. The molecule has 51 heavy (non-hydrogen) atoms. The average molecular weight is 698 g/mol. The quantitative estimate of drug-likeness (QED) is 0.209. The number of rotatable bonds is 12. The first-order valence-corrected chi connectivity index (χ1v) is 18.0. The minimum absolute atomic E-state index is 0.137. The maximum atomic E-state index is 9.70. The molecule has 1 aliphatic carbocycles. The normalized spacial score (nSPS) is 24.8. The van der Waals surface area contributed by atoms with E-state index in [0.29, 0.717) is 48.1 Å². The highest BCUT2D eigenvalue weighted by molar-refractivity contribution is 5.67. The summed E-state index contributed by atoms with van der Waals surface area (Å²) in [4.78, 5) is 9.28. The van der Waals surface area contributed by atoms with Crippen molar-refractivity contribution in [1.82, 2.24) is 45.3 Å². The Hall–Kier alpha value is -4.65. The van der Waals surface area contributed by atoms with Gasteiger partial charge in [-0.2, -0.15) is 5.26 Å². The largest absolute Gasteiger partial charge is 0.487 e. The molecule has 270 valence electrons. The number of benzene rings is 1. The number of nitriles is 1. The summed E-state index contributed by atoms with van der Waals surface area (Å²) in [5.74, 6) is 2.40. The van der Waals surface area contributed by atoms with Gasteiger partial charge in [-0.05, 0) is 99.3 Å². The molecule has 0 radical (unpaired) electrons. The van der Waals surface area contributed by atoms with Gasteiger partial charge in [0, 0.05) is 44.3 Å². The van der Waals surface area contributed by atoms with Crippen molar-refractivity contribution in [2.45, 2.75) is 89.7 Å². The number of tetrazole rings is 1. The van der Waals surface area contributed by atoms with Crippen molar-refractivity contribution in [2.24, 2.45) is 11.8 Å². The molecule has 4 aromatic rings. The van der Waals surface area contributed by atoms with Crippen molar-refractivity contribution in [3.05, 3.63) is 48.7 Å². The molecule has 1 unspecified atom stereocenters. The van der Waals surface area contributed by atoms with Crippen molar-refractivity contribution >= 4 is 11.6 Å². The maximum Gasteiger partial charge on any atom is 0.256 e. The lowest BCUT2D eigenvalue weighted by Crippen LogP contribution is -2.55. The first-order chi connectivity index (χ1) is 24.8. The molecule has 2 saturated heterocycles. The van der Waals surface area contributed by atoms with Crippen LogP contribution in [0, 0.1) is 23.2 Å². The summed E-state index contributed by atoms with van der Waals surface area (Å²) < 4.78 is 28.2. The lowest BCUT2D eigenvalue weighted by molar-refractivity contribution is -0.138. The lowest BCUT2D eigenvalue weighted by atomic mass is 9.75. The molecule has 5 heterocycles. The predicted octanol–water partition coefficient (Wildman–Crippen LogP) is 4.71. The third kappa shape index (κ3) is 8.46. The number of nitrogens with zero attached hydrogens (tertiary/aromatic N) is 9. The molecular weight excluding hydrogens is 650 g/mol. The van der Waals surface area contributed by atoms with Gasteiger partial charge in [0.05, 0.1) is 42.7 Å². The zero-order chi connectivity index (χ0) is 35.2. The van der Waals surface area contributed by atoms with Gasteiger partial charge < -0.3 is 29.6 Å². The smallest absolute Gasteiger partial charge is 0.256 e. The van der Waals surface area contributed by atoms with Crippen LogP contribution in [0.25, 0.3) is 11.1 Å². The van der Waals surface area contributed by atoms with Gasteiger partial charge in [0.25, 0.3) is 5.88 Å². The number of anilines is 2. The van der Waals surface area contributed by atoms with Gasteiger partial charge in [0.1, 0.15) is 29.9 Å². The first-order valence-electron chi connectivity index (χ1n) is 18.0. The number of morpholine rings is 1. The van der Waals surface area contributed by atoms with E-state index in [0.717, 1.165) is 81.6 Å². The van der Waals surface area contributed by atoms with Crippen LogP contribution in [0.3, 0.4) is 0 Å². The molecular formula is C36H47N11O4. The van der Waals surface area contributed by atoms with E-state index in [-0.39, 0.29) is 23.9 Å². The SMILES string of the molecule is CC(Cn1cnnn1)Oc1cc(-c2cnc(Nc3cn(C4CCC([C@@]5(C)CNC[C@@H](C)O5)CC4)nc3OCC3CCOCC3)nc2)ccc1C#N. The van der Waals surface area contributed by atoms with Crippen molar-refractivity contribution in [1.29, 1.82) is 5.26 Å². The molecule has 15 nitrogen and oxygen atoms in total. The van der Waals surface area contributed by atoms with Crippen LogP contribution in [0.2, 0.25) is 0 Å². The molecule has 0 bridgehead atoms. The Morgan fingerprint density at radius 1 is 1.12 bits per heavy atom. The highest BCUT2D eigenvalue weighted by atomic mass is 16.5. The Labute approximate surface area is 298 Å². The summed E-state index contributed by atoms with van der Waals surface area (Å²) in [6.45, 7) is 10.7. The van der Waals surface area contributed by atoms with Crippen molar-refractivity contribution in [3.63, 3.8) is 0 Å². The van der Waals surface area contributed by atoms with Crippen LogP contribution in [0.4, 0.5) is 11.6 Å². The van der Waals surface area contributed by atoms with E-state index in [2.05, 4.69) is 60.7 Å². The predicted molar refractivity (Wildman–Crippen MR) is 187 cm³/mol. The number of hydrogen-bond acceptors (Lipinski definition) is 13. The third-order valence-corrected chi connectivity index (χ3v) is 10.3. The molecule has 0 spiro atoms. The number of nitrogens with one attached hydrogen (secondary N) is 2. The Morgan fingerprint density at radius 3 is 2.65 bits per heavy atom. The molecule has 2 N–H and O–H groups in total. The second kappa shape index (κ2) is 15.7. The standard InChI is InChI=1S/C36H47N11O4/c1-24-16-38-22-36(3,51-24)30-6-8-31(9-7-30)47-20-32(34(43-47)49-21-26-10-12-48-13-11-26)42-35-39-17-29(18-40-35)27-4-5-28(15-37)33(14-27)50-25(2)19-46-23-41-44-45-46/h4-5,14,17-18,20,23-26,30-31,38H,6-13,16,19,21-22H2,1-3H3,(H,39,40,42)/t24-,25?,30?,31?,36-/m1/s1. The summed E-state index contributed by atoms with van der Waals surface area (Å²) >= 11 is 0. The molecule has 1 saturated carbocycles. The molecule has 3 atom stereocenters. The molecule has 15 heteroatoms. The minimum atomic E-state index is -0.271. The summed E-state index contributed by atoms with van der Waals surface area (Å²) in [7, 11) is 0. The van der Waals surface area contributed by atoms with E-state index in [1.165, 1.54) is 6.33 Å². The Morgan fingerprint density at radius 2 is 1.92 bits per heavy atom. The molecule has 3 aliphatic rings. The van der Waals surface area contributed by atoms with Crippen molar-refractivity contribution in [3.8, 4) is 28.8 Å². The van der Waals surface area contributed by atoms with Gasteiger partial charge in [-0.15, -0.1) is 10.2 Å². The molecule has 2 aliphatic heterocycles. The number of hydrogen-bond donors (Lipinski definition) is 2. The summed E-state index contributed by atoms with van der Waals surface area (Å²) in [5.41, 5.74) is 2.65. The average Bonchev–Trinajstić information content (AvgIpc) is 3.81. The highest BCUT2D eigenvalue weighted by Gasteiger charge is 2.41. The van der Waals surface area contributed by atoms with E-state index < -0.39 is 0 Å². The Bertz CT molecular complexity index is 1760. The fourth-order valence-corrected chi connectivity index (χ4v) is 7.46. The molecule has 1 aromatic carbocycles. The Kier molecular flexibility index (Phi) is 10.7. The fourth-order valence-electron chi connectivity index (χ4n) is 7.46.